The van der Waals surface area contributed by atoms with Gasteiger partial charge in [0, 0.05) is 12.2 Å². The van der Waals surface area contributed by atoms with Crippen LogP contribution in [0.15, 0.2) is 24.3 Å². The Morgan fingerprint density at radius 3 is 2.62 bits per heavy atom. The molecule has 1 aromatic rings. The van der Waals surface area contributed by atoms with Crippen molar-refractivity contribution in [2.45, 2.75) is 33.1 Å². The topological polar surface area (TPSA) is 78.4 Å². The summed E-state index contributed by atoms with van der Waals surface area (Å²) in [4.78, 5) is 22.6. The number of carboxylic acids is 1. The van der Waals surface area contributed by atoms with Crippen molar-refractivity contribution in [1.29, 1.82) is 0 Å². The van der Waals surface area contributed by atoms with E-state index < -0.39 is 5.97 Å². The minimum atomic E-state index is -0.885. The summed E-state index contributed by atoms with van der Waals surface area (Å²) in [5.74, 6) is -0.319. The lowest BCUT2D eigenvalue weighted by atomic mass is 9.92. The first-order valence-electron chi connectivity index (χ1n) is 7.27. The van der Waals surface area contributed by atoms with E-state index in [-0.39, 0.29) is 17.9 Å². The molecule has 1 saturated carbocycles. The molecule has 0 heterocycles. The molecule has 1 aliphatic rings. The summed E-state index contributed by atoms with van der Waals surface area (Å²) >= 11 is 0. The van der Waals surface area contributed by atoms with Gasteiger partial charge in [-0.3, -0.25) is 4.79 Å². The Bertz CT molecular complexity index is 536. The van der Waals surface area contributed by atoms with Crippen LogP contribution in [0.4, 0.5) is 10.5 Å². The summed E-state index contributed by atoms with van der Waals surface area (Å²) < 4.78 is 0. The lowest BCUT2D eigenvalue weighted by Gasteiger charge is -2.20. The number of hydrogen-bond acceptors (Lipinski definition) is 2. The summed E-state index contributed by atoms with van der Waals surface area (Å²) in [6.45, 7) is 5.05. The van der Waals surface area contributed by atoms with Crippen molar-refractivity contribution >= 4 is 17.7 Å². The molecule has 2 amide bonds. The van der Waals surface area contributed by atoms with Crippen LogP contribution in [0.5, 0.6) is 0 Å². The number of urea groups is 1. The Morgan fingerprint density at radius 2 is 2.05 bits per heavy atom. The maximum Gasteiger partial charge on any atom is 0.319 e. The molecule has 1 aliphatic carbocycles. The third-order valence-corrected chi connectivity index (χ3v) is 4.26. The highest BCUT2D eigenvalue weighted by Gasteiger charge is 2.45. The van der Waals surface area contributed by atoms with E-state index in [1.54, 1.807) is 24.3 Å². The smallest absolute Gasteiger partial charge is 0.319 e. The van der Waals surface area contributed by atoms with Gasteiger partial charge in [-0.1, -0.05) is 26.0 Å². The van der Waals surface area contributed by atoms with E-state index >= 15 is 0 Å². The van der Waals surface area contributed by atoms with Crippen molar-refractivity contribution in [3.63, 3.8) is 0 Å². The van der Waals surface area contributed by atoms with Crippen LogP contribution >= 0.6 is 0 Å². The van der Waals surface area contributed by atoms with Gasteiger partial charge < -0.3 is 15.7 Å². The molecule has 1 fully saturated rings. The fraction of sp³-hybridized carbons (Fsp3) is 0.500. The number of carbonyl (C=O) groups is 2. The molecule has 0 saturated heterocycles. The fourth-order valence-electron chi connectivity index (χ4n) is 2.48. The lowest BCUT2D eigenvalue weighted by molar-refractivity contribution is -0.136. The summed E-state index contributed by atoms with van der Waals surface area (Å²) in [6, 6.07) is 6.66. The third kappa shape index (κ3) is 4.21. The molecule has 2 rings (SSSR count). The van der Waals surface area contributed by atoms with Crippen LogP contribution in [-0.2, 0) is 11.2 Å². The van der Waals surface area contributed by atoms with E-state index in [4.69, 9.17) is 5.11 Å². The first-order valence-corrected chi connectivity index (χ1v) is 7.27. The van der Waals surface area contributed by atoms with E-state index in [1.807, 2.05) is 0 Å². The Hall–Kier alpha value is -2.04. The van der Waals surface area contributed by atoms with Gasteiger partial charge in [-0.05, 0) is 41.9 Å². The Labute approximate surface area is 124 Å². The zero-order chi connectivity index (χ0) is 15.5. The number of nitrogens with one attached hydrogen (secondary N) is 2. The number of carboxylic acid groups (broad SMARTS) is 1. The molecule has 0 aliphatic heterocycles. The number of hydrogen-bond donors (Lipinski definition) is 3. The van der Waals surface area contributed by atoms with Gasteiger partial charge >= 0.3 is 12.0 Å². The SMILES string of the molecule is CC(C)C1(CNC(=O)Nc2cccc(CC(=O)O)c2)CC1. The molecule has 21 heavy (non-hydrogen) atoms. The highest BCUT2D eigenvalue weighted by atomic mass is 16.4. The molecule has 0 unspecified atom stereocenters. The van der Waals surface area contributed by atoms with Crippen molar-refractivity contribution in [2.24, 2.45) is 11.3 Å². The molecule has 1 aromatic carbocycles. The first-order chi connectivity index (χ1) is 9.91. The summed E-state index contributed by atoms with van der Waals surface area (Å²) in [5, 5.41) is 14.4. The van der Waals surface area contributed by atoms with Crippen LogP contribution < -0.4 is 10.6 Å². The van der Waals surface area contributed by atoms with Crippen LogP contribution in [0.1, 0.15) is 32.3 Å². The predicted molar refractivity (Wildman–Crippen MR) is 81.3 cm³/mol. The largest absolute Gasteiger partial charge is 0.481 e. The monoisotopic (exact) mass is 290 g/mol. The molecular weight excluding hydrogens is 268 g/mol. The predicted octanol–water partition coefficient (Wildman–Crippen LogP) is 2.87. The van der Waals surface area contributed by atoms with Gasteiger partial charge in [0.2, 0.25) is 0 Å². The third-order valence-electron chi connectivity index (χ3n) is 4.26. The van der Waals surface area contributed by atoms with E-state index in [9.17, 15) is 9.59 Å². The zero-order valence-electron chi connectivity index (χ0n) is 12.5. The first kappa shape index (κ1) is 15.4. The highest BCUT2D eigenvalue weighted by Crippen LogP contribution is 2.51. The number of amides is 2. The van der Waals surface area contributed by atoms with Crippen molar-refractivity contribution < 1.29 is 14.7 Å². The van der Waals surface area contributed by atoms with Gasteiger partial charge in [-0.15, -0.1) is 0 Å². The molecule has 5 heteroatoms. The van der Waals surface area contributed by atoms with E-state index in [0.29, 0.717) is 23.7 Å². The second kappa shape index (κ2) is 6.16. The number of carbonyl (C=O) groups excluding carboxylic acids is 1. The molecule has 3 N–H and O–H groups in total. The second-order valence-electron chi connectivity index (χ2n) is 6.10. The summed E-state index contributed by atoms with van der Waals surface area (Å²) in [6.07, 6.45) is 2.28. The van der Waals surface area contributed by atoms with E-state index in [0.717, 1.165) is 0 Å². The van der Waals surface area contributed by atoms with Gasteiger partial charge in [0.05, 0.1) is 6.42 Å². The Morgan fingerprint density at radius 1 is 1.33 bits per heavy atom. The van der Waals surface area contributed by atoms with Gasteiger partial charge in [0.25, 0.3) is 0 Å². The molecule has 5 nitrogen and oxygen atoms in total. The molecule has 0 bridgehead atoms. The quantitative estimate of drug-likeness (QED) is 0.753. The maximum absolute atomic E-state index is 11.9. The Balaban J connectivity index is 1.86. The average molecular weight is 290 g/mol. The van der Waals surface area contributed by atoms with Crippen molar-refractivity contribution in [3.05, 3.63) is 29.8 Å². The Kier molecular flexibility index (Phi) is 4.50. The highest BCUT2D eigenvalue weighted by molar-refractivity contribution is 5.89. The van der Waals surface area contributed by atoms with Crippen LogP contribution in [0.3, 0.4) is 0 Å². The van der Waals surface area contributed by atoms with Crippen molar-refractivity contribution in [3.8, 4) is 0 Å². The molecule has 0 aromatic heterocycles. The molecule has 114 valence electrons. The van der Waals surface area contributed by atoms with Gasteiger partial charge in [-0.2, -0.15) is 0 Å². The average Bonchev–Trinajstić information content (AvgIpc) is 3.17. The van der Waals surface area contributed by atoms with Crippen LogP contribution in [0.25, 0.3) is 0 Å². The molecule has 0 spiro atoms. The lowest BCUT2D eigenvalue weighted by Crippen LogP contribution is -2.35. The van der Waals surface area contributed by atoms with E-state index in [1.165, 1.54) is 12.8 Å². The van der Waals surface area contributed by atoms with Gasteiger partial charge in [-0.25, -0.2) is 4.79 Å². The van der Waals surface area contributed by atoms with Crippen LogP contribution in [0.2, 0.25) is 0 Å². The van der Waals surface area contributed by atoms with Crippen molar-refractivity contribution in [1.82, 2.24) is 5.32 Å². The maximum atomic E-state index is 11.9. The number of aliphatic carboxylic acids is 1. The van der Waals surface area contributed by atoms with Gasteiger partial charge in [0.1, 0.15) is 0 Å². The minimum Gasteiger partial charge on any atom is -0.481 e. The molecular formula is C16H22N2O3. The van der Waals surface area contributed by atoms with E-state index in [2.05, 4.69) is 24.5 Å². The summed E-state index contributed by atoms with van der Waals surface area (Å²) in [7, 11) is 0. The zero-order valence-corrected chi connectivity index (χ0v) is 12.5. The molecule has 0 radical (unpaired) electrons. The normalized spacial score (nSPS) is 15.6. The number of rotatable bonds is 6. The summed E-state index contributed by atoms with van der Waals surface area (Å²) in [5.41, 5.74) is 1.55. The fourth-order valence-corrected chi connectivity index (χ4v) is 2.48. The second-order valence-corrected chi connectivity index (χ2v) is 6.10. The van der Waals surface area contributed by atoms with Gasteiger partial charge in [0.15, 0.2) is 0 Å². The van der Waals surface area contributed by atoms with Crippen LogP contribution in [-0.4, -0.2) is 23.7 Å². The number of benzene rings is 1. The molecule has 0 atom stereocenters. The standard InChI is InChI=1S/C16H22N2O3/c1-11(2)16(6-7-16)10-17-15(21)18-13-5-3-4-12(8-13)9-14(19)20/h3-5,8,11H,6-7,9-10H2,1-2H3,(H,19,20)(H2,17,18,21). The van der Waals surface area contributed by atoms with Crippen molar-refractivity contribution in [2.75, 3.05) is 11.9 Å². The minimum absolute atomic E-state index is 0.0480. The van der Waals surface area contributed by atoms with Crippen LogP contribution in [0, 0.1) is 11.3 Å². The number of anilines is 1.